The summed E-state index contributed by atoms with van der Waals surface area (Å²) in [5.74, 6) is 0.159. The lowest BCUT2D eigenvalue weighted by Crippen LogP contribution is -2.44. The Morgan fingerprint density at radius 2 is 2.30 bits per heavy atom. The number of imidazole rings is 1. The van der Waals surface area contributed by atoms with Crippen LogP contribution in [0.5, 0.6) is 0 Å². The summed E-state index contributed by atoms with van der Waals surface area (Å²) in [6.45, 7) is 7.67. The second-order valence-corrected chi connectivity index (χ2v) is 7.43. The highest BCUT2D eigenvalue weighted by Crippen LogP contribution is 2.27. The van der Waals surface area contributed by atoms with Gasteiger partial charge in [-0.25, -0.2) is 4.98 Å². The molecule has 3 rings (SSSR count). The third kappa shape index (κ3) is 3.43. The van der Waals surface area contributed by atoms with Gasteiger partial charge < -0.3 is 9.64 Å². The number of hydrogen-bond donors (Lipinski definition) is 0. The highest BCUT2D eigenvalue weighted by atomic mass is 32.1. The SMILES string of the molecule is Cc1c(C(=O)N2CCCC[C@@H]2CCOC(C)C)sc2nccn12. The third-order valence-electron chi connectivity index (χ3n) is 4.47. The molecule has 0 saturated carbocycles. The van der Waals surface area contributed by atoms with Crippen LogP contribution in [0.4, 0.5) is 0 Å². The number of amides is 1. The van der Waals surface area contributed by atoms with Crippen molar-refractivity contribution in [2.75, 3.05) is 13.2 Å². The fourth-order valence-electron chi connectivity index (χ4n) is 3.23. The number of hydrogen-bond acceptors (Lipinski definition) is 4. The van der Waals surface area contributed by atoms with E-state index in [9.17, 15) is 4.79 Å². The van der Waals surface area contributed by atoms with Gasteiger partial charge in [0, 0.05) is 37.3 Å². The lowest BCUT2D eigenvalue weighted by molar-refractivity contribution is 0.0400. The number of aromatic nitrogens is 2. The number of thiazole rings is 1. The normalized spacial score (nSPS) is 19.0. The number of fused-ring (bicyclic) bond motifs is 1. The molecule has 0 bridgehead atoms. The van der Waals surface area contributed by atoms with Gasteiger partial charge in [-0.3, -0.25) is 9.20 Å². The van der Waals surface area contributed by atoms with E-state index >= 15 is 0 Å². The van der Waals surface area contributed by atoms with Gasteiger partial charge >= 0.3 is 0 Å². The molecule has 0 aromatic carbocycles. The Balaban J connectivity index is 1.75. The van der Waals surface area contributed by atoms with Crippen molar-refractivity contribution in [1.82, 2.24) is 14.3 Å². The van der Waals surface area contributed by atoms with Crippen LogP contribution in [0.3, 0.4) is 0 Å². The quantitative estimate of drug-likeness (QED) is 0.840. The Kier molecular flexibility index (Phi) is 5.02. The molecule has 3 heterocycles. The Labute approximate surface area is 141 Å². The average molecular weight is 335 g/mol. The van der Waals surface area contributed by atoms with Crippen LogP contribution >= 0.6 is 11.3 Å². The summed E-state index contributed by atoms with van der Waals surface area (Å²) in [5, 5.41) is 0. The summed E-state index contributed by atoms with van der Waals surface area (Å²) >= 11 is 1.49. The molecule has 1 aliphatic rings. The number of carbonyl (C=O) groups excluding carboxylic acids is 1. The molecule has 2 aromatic rings. The molecule has 0 N–H and O–H groups in total. The molecule has 0 spiro atoms. The molecular weight excluding hydrogens is 310 g/mol. The highest BCUT2D eigenvalue weighted by molar-refractivity contribution is 7.19. The molecule has 1 atom stereocenters. The molecule has 1 saturated heterocycles. The molecule has 1 aliphatic heterocycles. The van der Waals surface area contributed by atoms with Gasteiger partial charge in [0.15, 0.2) is 4.96 Å². The van der Waals surface area contributed by atoms with E-state index in [1.807, 2.05) is 17.5 Å². The number of aryl methyl sites for hydroxylation is 1. The van der Waals surface area contributed by atoms with E-state index in [-0.39, 0.29) is 12.0 Å². The molecule has 126 valence electrons. The van der Waals surface area contributed by atoms with Gasteiger partial charge in [-0.05, 0) is 46.5 Å². The van der Waals surface area contributed by atoms with Gasteiger partial charge in [-0.1, -0.05) is 11.3 Å². The van der Waals surface area contributed by atoms with Crippen LogP contribution in [-0.4, -0.2) is 45.5 Å². The van der Waals surface area contributed by atoms with Crippen molar-refractivity contribution < 1.29 is 9.53 Å². The summed E-state index contributed by atoms with van der Waals surface area (Å²) in [6, 6.07) is 0.295. The largest absolute Gasteiger partial charge is 0.379 e. The predicted octanol–water partition coefficient (Wildman–Crippen LogP) is 3.51. The van der Waals surface area contributed by atoms with Gasteiger partial charge in [-0.2, -0.15) is 0 Å². The number of carbonyl (C=O) groups is 1. The van der Waals surface area contributed by atoms with Crippen molar-refractivity contribution in [1.29, 1.82) is 0 Å². The summed E-state index contributed by atoms with van der Waals surface area (Å²) in [7, 11) is 0. The number of ether oxygens (including phenoxy) is 1. The molecule has 2 aromatic heterocycles. The van der Waals surface area contributed by atoms with Crippen molar-refractivity contribution in [2.24, 2.45) is 0 Å². The maximum Gasteiger partial charge on any atom is 0.266 e. The van der Waals surface area contributed by atoms with Crippen molar-refractivity contribution in [3.63, 3.8) is 0 Å². The van der Waals surface area contributed by atoms with Gasteiger partial charge in [0.2, 0.25) is 0 Å². The maximum absolute atomic E-state index is 13.1. The lowest BCUT2D eigenvalue weighted by Gasteiger charge is -2.35. The molecule has 6 heteroatoms. The Hall–Kier alpha value is -1.40. The molecular formula is C17H25N3O2S. The first-order valence-electron chi connectivity index (χ1n) is 8.43. The first-order valence-corrected chi connectivity index (χ1v) is 9.24. The zero-order chi connectivity index (χ0) is 16.4. The standard InChI is InChI=1S/C17H25N3O2S/c1-12(2)22-11-7-14-6-4-5-9-20(14)16(21)15-13(3)19-10-8-18-17(19)23-15/h8,10,12,14H,4-7,9,11H2,1-3H3/t14-/m1/s1. The van der Waals surface area contributed by atoms with E-state index < -0.39 is 0 Å². The first-order chi connectivity index (χ1) is 11.1. The number of likely N-dealkylation sites (tertiary alicyclic amines) is 1. The summed E-state index contributed by atoms with van der Waals surface area (Å²) in [4.78, 5) is 21.1. The van der Waals surface area contributed by atoms with Crippen molar-refractivity contribution in [3.05, 3.63) is 23.0 Å². The zero-order valence-electron chi connectivity index (χ0n) is 14.1. The highest BCUT2D eigenvalue weighted by Gasteiger charge is 2.29. The second-order valence-electron chi connectivity index (χ2n) is 6.45. The molecule has 1 amide bonds. The van der Waals surface area contributed by atoms with Crippen molar-refractivity contribution in [3.8, 4) is 0 Å². The average Bonchev–Trinajstić information content (AvgIpc) is 3.10. The number of rotatable bonds is 5. The van der Waals surface area contributed by atoms with Crippen LogP contribution in [0.15, 0.2) is 12.4 Å². The molecule has 0 aliphatic carbocycles. The minimum Gasteiger partial charge on any atom is -0.379 e. The van der Waals surface area contributed by atoms with Crippen LogP contribution in [0, 0.1) is 6.92 Å². The second kappa shape index (κ2) is 7.01. The Morgan fingerprint density at radius 3 is 3.04 bits per heavy atom. The van der Waals surface area contributed by atoms with E-state index in [1.165, 1.54) is 17.8 Å². The van der Waals surface area contributed by atoms with Crippen LogP contribution in [0.25, 0.3) is 4.96 Å². The van der Waals surface area contributed by atoms with E-state index in [0.717, 1.165) is 47.9 Å². The monoisotopic (exact) mass is 335 g/mol. The smallest absolute Gasteiger partial charge is 0.266 e. The molecule has 1 fully saturated rings. The Morgan fingerprint density at radius 1 is 1.48 bits per heavy atom. The maximum atomic E-state index is 13.1. The molecule has 23 heavy (non-hydrogen) atoms. The minimum atomic E-state index is 0.159. The fourth-order valence-corrected chi connectivity index (χ4v) is 4.27. The predicted molar refractivity (Wildman–Crippen MR) is 92.2 cm³/mol. The van der Waals surface area contributed by atoms with E-state index in [2.05, 4.69) is 23.7 Å². The first kappa shape index (κ1) is 16.5. The number of piperidine rings is 1. The van der Waals surface area contributed by atoms with E-state index in [1.54, 1.807) is 6.20 Å². The Bertz CT molecular complexity index is 676. The summed E-state index contributed by atoms with van der Waals surface area (Å²) < 4.78 is 7.69. The topological polar surface area (TPSA) is 46.8 Å². The molecule has 0 unspecified atom stereocenters. The van der Waals surface area contributed by atoms with Crippen LogP contribution in [0.1, 0.15) is 54.9 Å². The van der Waals surface area contributed by atoms with Gasteiger partial charge in [0.25, 0.3) is 5.91 Å². The third-order valence-corrected chi connectivity index (χ3v) is 5.63. The van der Waals surface area contributed by atoms with Gasteiger partial charge in [0.1, 0.15) is 4.88 Å². The summed E-state index contributed by atoms with van der Waals surface area (Å²) in [5.41, 5.74) is 0.996. The van der Waals surface area contributed by atoms with Crippen molar-refractivity contribution >= 4 is 22.2 Å². The zero-order valence-corrected chi connectivity index (χ0v) is 14.9. The van der Waals surface area contributed by atoms with E-state index in [0.29, 0.717) is 6.04 Å². The fraction of sp³-hybridized carbons (Fsp3) is 0.647. The molecule has 0 radical (unpaired) electrons. The lowest BCUT2D eigenvalue weighted by atomic mass is 9.99. The number of nitrogens with zero attached hydrogens (tertiary/aromatic N) is 3. The van der Waals surface area contributed by atoms with E-state index in [4.69, 9.17) is 4.74 Å². The van der Waals surface area contributed by atoms with Gasteiger partial charge in [-0.15, -0.1) is 0 Å². The minimum absolute atomic E-state index is 0.159. The van der Waals surface area contributed by atoms with Crippen molar-refractivity contribution in [2.45, 2.75) is 58.6 Å². The van der Waals surface area contributed by atoms with Crippen LogP contribution < -0.4 is 0 Å². The summed E-state index contributed by atoms with van der Waals surface area (Å²) in [6.07, 6.45) is 8.23. The van der Waals surface area contributed by atoms with Crippen LogP contribution in [-0.2, 0) is 4.74 Å². The van der Waals surface area contributed by atoms with Crippen LogP contribution in [0.2, 0.25) is 0 Å². The molecule has 5 nitrogen and oxygen atoms in total. The van der Waals surface area contributed by atoms with Gasteiger partial charge in [0.05, 0.1) is 6.10 Å².